The molecule has 0 saturated carbocycles. The summed E-state index contributed by atoms with van der Waals surface area (Å²) < 4.78 is 24.9. The molecule has 0 aromatic heterocycles. The second-order valence-corrected chi connectivity index (χ2v) is 7.43. The van der Waals surface area contributed by atoms with E-state index >= 15 is 0 Å². The van der Waals surface area contributed by atoms with Crippen LogP contribution in [0, 0.1) is 13.8 Å². The number of carbonyl (C=O) groups is 1. The number of hydrazine groups is 1. The van der Waals surface area contributed by atoms with Gasteiger partial charge in [-0.1, -0.05) is 39.7 Å². The molecule has 2 aromatic rings. The summed E-state index contributed by atoms with van der Waals surface area (Å²) in [5, 5.41) is 0. The van der Waals surface area contributed by atoms with Gasteiger partial charge in [-0.05, 0) is 43.7 Å². The van der Waals surface area contributed by atoms with Crippen LogP contribution in [0.5, 0.6) is 0 Å². The summed E-state index contributed by atoms with van der Waals surface area (Å²) in [6.45, 7) is 3.72. The number of carbonyl (C=O) groups excluding carboxylic acids is 1. The van der Waals surface area contributed by atoms with E-state index in [4.69, 9.17) is 0 Å². The van der Waals surface area contributed by atoms with E-state index in [-0.39, 0.29) is 4.90 Å². The number of sulfonamides is 1. The zero-order chi connectivity index (χ0) is 16.3. The lowest BCUT2D eigenvalue weighted by atomic mass is 10.1. The molecule has 2 N–H and O–H groups in total. The van der Waals surface area contributed by atoms with Crippen molar-refractivity contribution in [2.24, 2.45) is 0 Å². The average molecular weight is 383 g/mol. The lowest BCUT2D eigenvalue weighted by Crippen LogP contribution is -2.41. The molecule has 0 bridgehead atoms. The van der Waals surface area contributed by atoms with Crippen LogP contribution in [0.25, 0.3) is 0 Å². The van der Waals surface area contributed by atoms with E-state index in [0.717, 1.165) is 11.1 Å². The maximum Gasteiger partial charge on any atom is 0.266 e. The normalized spacial score (nSPS) is 11.2. The van der Waals surface area contributed by atoms with E-state index in [2.05, 4.69) is 26.2 Å². The first-order valence-electron chi connectivity index (χ1n) is 6.44. The van der Waals surface area contributed by atoms with Gasteiger partial charge in [0.1, 0.15) is 0 Å². The lowest BCUT2D eigenvalue weighted by Gasteiger charge is -2.10. The third-order valence-electron chi connectivity index (χ3n) is 3.03. The Morgan fingerprint density at radius 2 is 1.82 bits per heavy atom. The highest BCUT2D eigenvalue weighted by Crippen LogP contribution is 2.15. The molecule has 0 aliphatic rings. The number of hydrogen-bond acceptors (Lipinski definition) is 3. The number of hydrogen-bond donors (Lipinski definition) is 2. The van der Waals surface area contributed by atoms with Crippen LogP contribution in [0.15, 0.2) is 51.8 Å². The molecule has 2 rings (SSSR count). The van der Waals surface area contributed by atoms with Crippen LogP contribution in [-0.4, -0.2) is 14.3 Å². The van der Waals surface area contributed by atoms with Crippen LogP contribution in [0.2, 0.25) is 0 Å². The molecule has 5 nitrogen and oxygen atoms in total. The van der Waals surface area contributed by atoms with Gasteiger partial charge in [-0.25, -0.2) is 8.42 Å². The molecule has 2 aromatic carbocycles. The molecule has 7 heteroatoms. The Bertz CT molecular complexity index is 819. The Labute approximate surface area is 137 Å². The topological polar surface area (TPSA) is 75.3 Å². The number of amides is 1. The van der Waals surface area contributed by atoms with Crippen molar-refractivity contribution in [3.8, 4) is 0 Å². The van der Waals surface area contributed by atoms with Gasteiger partial charge < -0.3 is 0 Å². The fourth-order valence-electron chi connectivity index (χ4n) is 1.94. The molecule has 0 saturated heterocycles. The Kier molecular flexibility index (Phi) is 5.00. The third-order valence-corrected chi connectivity index (χ3v) is 4.77. The van der Waals surface area contributed by atoms with Gasteiger partial charge >= 0.3 is 0 Å². The molecular formula is C15H15BrN2O3S. The predicted octanol–water partition coefficient (Wildman–Crippen LogP) is 2.69. The van der Waals surface area contributed by atoms with Crippen molar-refractivity contribution in [2.75, 3.05) is 0 Å². The monoisotopic (exact) mass is 382 g/mol. The van der Waals surface area contributed by atoms with E-state index in [9.17, 15) is 13.2 Å². The second-order valence-electron chi connectivity index (χ2n) is 4.84. The van der Waals surface area contributed by atoms with Crippen molar-refractivity contribution >= 4 is 31.9 Å². The van der Waals surface area contributed by atoms with E-state index in [1.807, 2.05) is 13.0 Å². The third kappa shape index (κ3) is 3.94. The quantitative estimate of drug-likeness (QED) is 0.798. The summed E-state index contributed by atoms with van der Waals surface area (Å²) in [6, 6.07) is 11.5. The number of aryl methyl sites for hydroxylation is 2. The summed E-state index contributed by atoms with van der Waals surface area (Å²) >= 11 is 3.21. The summed E-state index contributed by atoms with van der Waals surface area (Å²) in [5.41, 5.74) is 4.45. The molecule has 1 amide bonds. The molecule has 0 fully saturated rings. The zero-order valence-electron chi connectivity index (χ0n) is 12.1. The fraction of sp³-hybridized carbons (Fsp3) is 0.133. The molecular weight excluding hydrogens is 368 g/mol. The summed E-state index contributed by atoms with van der Waals surface area (Å²) in [6.07, 6.45) is 0. The minimum Gasteiger partial charge on any atom is -0.273 e. The molecule has 0 aliphatic carbocycles. The number of benzene rings is 2. The molecule has 0 aliphatic heterocycles. The Balaban J connectivity index is 2.13. The molecule has 22 heavy (non-hydrogen) atoms. The highest BCUT2D eigenvalue weighted by Gasteiger charge is 2.16. The molecule has 116 valence electrons. The largest absolute Gasteiger partial charge is 0.273 e. The summed E-state index contributed by atoms with van der Waals surface area (Å²) in [4.78, 5) is 14.2. The minimum atomic E-state index is -3.82. The van der Waals surface area contributed by atoms with Crippen molar-refractivity contribution in [3.63, 3.8) is 0 Å². The Morgan fingerprint density at radius 1 is 1.09 bits per heavy atom. The molecule has 0 radical (unpaired) electrons. The smallest absolute Gasteiger partial charge is 0.266 e. The van der Waals surface area contributed by atoms with Gasteiger partial charge in [0.05, 0.1) is 4.90 Å². The molecule has 0 unspecified atom stereocenters. The lowest BCUT2D eigenvalue weighted by molar-refractivity contribution is 0.0944. The van der Waals surface area contributed by atoms with Gasteiger partial charge in [0.2, 0.25) is 0 Å². The first kappa shape index (κ1) is 16.7. The van der Waals surface area contributed by atoms with Crippen molar-refractivity contribution in [2.45, 2.75) is 18.7 Å². The summed E-state index contributed by atoms with van der Waals surface area (Å²) in [5.74, 6) is -0.504. The Hall–Kier alpha value is -1.70. The van der Waals surface area contributed by atoms with Gasteiger partial charge in [0.15, 0.2) is 0 Å². The summed E-state index contributed by atoms with van der Waals surface area (Å²) in [7, 11) is -3.82. The average Bonchev–Trinajstić information content (AvgIpc) is 2.45. The van der Waals surface area contributed by atoms with E-state index in [1.165, 1.54) is 12.1 Å². The van der Waals surface area contributed by atoms with Gasteiger partial charge in [0.25, 0.3) is 15.9 Å². The van der Waals surface area contributed by atoms with Crippen molar-refractivity contribution < 1.29 is 13.2 Å². The maximum atomic E-state index is 12.1. The standard InChI is InChI=1S/C15H15BrN2O3S/c1-10-6-7-14(11(2)8-10)15(19)17-18-22(20,21)13-5-3-4-12(16)9-13/h3-9,18H,1-2H3,(H,17,19). The van der Waals surface area contributed by atoms with Gasteiger partial charge in [-0.15, -0.1) is 4.83 Å². The van der Waals surface area contributed by atoms with E-state index in [0.29, 0.717) is 10.0 Å². The first-order chi connectivity index (χ1) is 10.3. The van der Waals surface area contributed by atoms with Crippen LogP contribution in [0.1, 0.15) is 21.5 Å². The number of rotatable bonds is 4. The maximum absolute atomic E-state index is 12.1. The predicted molar refractivity (Wildman–Crippen MR) is 87.8 cm³/mol. The Morgan fingerprint density at radius 3 is 2.45 bits per heavy atom. The minimum absolute atomic E-state index is 0.0582. The molecule has 0 heterocycles. The van der Waals surface area contributed by atoms with Gasteiger partial charge in [-0.3, -0.25) is 10.2 Å². The SMILES string of the molecule is Cc1ccc(C(=O)NNS(=O)(=O)c2cccc(Br)c2)c(C)c1. The second kappa shape index (κ2) is 6.60. The van der Waals surface area contributed by atoms with Crippen LogP contribution >= 0.6 is 15.9 Å². The highest BCUT2D eigenvalue weighted by atomic mass is 79.9. The van der Waals surface area contributed by atoms with E-state index < -0.39 is 15.9 Å². The first-order valence-corrected chi connectivity index (χ1v) is 8.72. The van der Waals surface area contributed by atoms with Crippen molar-refractivity contribution in [3.05, 3.63) is 63.6 Å². The van der Waals surface area contributed by atoms with Crippen molar-refractivity contribution in [1.82, 2.24) is 10.3 Å². The van der Waals surface area contributed by atoms with E-state index in [1.54, 1.807) is 31.2 Å². The number of halogens is 1. The highest BCUT2D eigenvalue weighted by molar-refractivity contribution is 9.10. The molecule has 0 spiro atoms. The van der Waals surface area contributed by atoms with Gasteiger partial charge in [0, 0.05) is 10.0 Å². The van der Waals surface area contributed by atoms with Crippen LogP contribution in [-0.2, 0) is 10.0 Å². The fourth-order valence-corrected chi connectivity index (χ4v) is 3.38. The zero-order valence-corrected chi connectivity index (χ0v) is 14.5. The van der Waals surface area contributed by atoms with Crippen LogP contribution in [0.4, 0.5) is 0 Å². The molecule has 0 atom stereocenters. The number of nitrogens with one attached hydrogen (secondary N) is 2. The van der Waals surface area contributed by atoms with Crippen LogP contribution < -0.4 is 10.3 Å². The van der Waals surface area contributed by atoms with Crippen LogP contribution in [0.3, 0.4) is 0 Å². The van der Waals surface area contributed by atoms with Crippen molar-refractivity contribution in [1.29, 1.82) is 0 Å². The van der Waals surface area contributed by atoms with Gasteiger partial charge in [-0.2, -0.15) is 0 Å².